The first-order valence-electron chi connectivity index (χ1n) is 4.88. The van der Waals surface area contributed by atoms with E-state index in [4.69, 9.17) is 9.66 Å². The molecule has 0 radical (unpaired) electrons. The van der Waals surface area contributed by atoms with Crippen molar-refractivity contribution in [3.63, 3.8) is 0 Å². The van der Waals surface area contributed by atoms with Gasteiger partial charge in [-0.25, -0.2) is 0 Å². The van der Waals surface area contributed by atoms with Crippen LogP contribution in [0.1, 0.15) is 18.9 Å². The Morgan fingerprint density at radius 1 is 1.17 bits per heavy atom. The standard InChI is InChI=1S/C7H8O3S.C4H6O3/c1-6-2-4-7(5-3-6)11(8,9)10;1-3(5)2-4(6)7/h2-5H,1H3,(H,8,9,10);2H2,1H3,(H,6,7). The van der Waals surface area contributed by atoms with E-state index in [9.17, 15) is 18.0 Å². The molecule has 2 N–H and O–H groups in total. The number of hydrogen-bond donors (Lipinski definition) is 2. The van der Waals surface area contributed by atoms with Gasteiger partial charge in [-0.2, -0.15) is 8.42 Å². The minimum absolute atomic E-state index is 0.0666. The fraction of sp³-hybridized carbons (Fsp3) is 0.273. The highest BCUT2D eigenvalue weighted by atomic mass is 32.2. The Hall–Kier alpha value is -1.73. The molecule has 0 heterocycles. The van der Waals surface area contributed by atoms with Crippen molar-refractivity contribution in [1.82, 2.24) is 0 Å². The summed E-state index contributed by atoms with van der Waals surface area (Å²) in [7, 11) is -4.02. The molecular formula is C11H14O6S. The molecule has 0 aliphatic heterocycles. The Kier molecular flexibility index (Phi) is 6.21. The predicted molar refractivity (Wildman–Crippen MR) is 63.9 cm³/mol. The number of hydrogen-bond acceptors (Lipinski definition) is 4. The Labute approximate surface area is 105 Å². The molecule has 0 atom stereocenters. The van der Waals surface area contributed by atoms with Crippen molar-refractivity contribution < 1.29 is 27.7 Å². The summed E-state index contributed by atoms with van der Waals surface area (Å²) in [5.74, 6) is -1.37. The summed E-state index contributed by atoms with van der Waals surface area (Å²) in [6, 6.07) is 5.99. The van der Waals surface area contributed by atoms with Gasteiger partial charge in [-0.3, -0.25) is 14.1 Å². The number of carboxylic acid groups (broad SMARTS) is 1. The highest BCUT2D eigenvalue weighted by Gasteiger charge is 2.06. The second kappa shape index (κ2) is 6.87. The van der Waals surface area contributed by atoms with E-state index in [0.717, 1.165) is 5.56 Å². The summed E-state index contributed by atoms with van der Waals surface area (Å²) in [5.41, 5.74) is 0.956. The van der Waals surface area contributed by atoms with Gasteiger partial charge in [0.2, 0.25) is 0 Å². The van der Waals surface area contributed by atoms with Gasteiger partial charge < -0.3 is 5.11 Å². The van der Waals surface area contributed by atoms with Crippen molar-refractivity contribution in [1.29, 1.82) is 0 Å². The van der Waals surface area contributed by atoms with E-state index >= 15 is 0 Å². The Morgan fingerprint density at radius 3 is 1.83 bits per heavy atom. The molecule has 100 valence electrons. The topological polar surface area (TPSA) is 109 Å². The summed E-state index contributed by atoms with van der Waals surface area (Å²) in [6.45, 7) is 3.09. The van der Waals surface area contributed by atoms with Crippen LogP contribution in [-0.4, -0.2) is 29.8 Å². The van der Waals surface area contributed by atoms with Gasteiger partial charge in [-0.05, 0) is 26.0 Å². The maximum absolute atomic E-state index is 10.5. The zero-order valence-corrected chi connectivity index (χ0v) is 10.8. The van der Waals surface area contributed by atoms with E-state index < -0.39 is 16.1 Å². The smallest absolute Gasteiger partial charge is 0.310 e. The highest BCUT2D eigenvalue weighted by Crippen LogP contribution is 2.08. The van der Waals surface area contributed by atoms with Crippen LogP contribution in [0, 0.1) is 6.92 Å². The van der Waals surface area contributed by atoms with E-state index in [1.807, 2.05) is 6.92 Å². The van der Waals surface area contributed by atoms with Crippen LogP contribution in [-0.2, 0) is 19.7 Å². The Balaban J connectivity index is 0.000000360. The Bertz CT molecular complexity index is 503. The number of benzene rings is 1. The van der Waals surface area contributed by atoms with Crippen LogP contribution >= 0.6 is 0 Å². The van der Waals surface area contributed by atoms with Gasteiger partial charge in [0.15, 0.2) is 0 Å². The molecule has 0 aromatic heterocycles. The van der Waals surface area contributed by atoms with Gasteiger partial charge in [0.05, 0.1) is 4.90 Å². The molecular weight excluding hydrogens is 260 g/mol. The van der Waals surface area contributed by atoms with Crippen LogP contribution in [0.4, 0.5) is 0 Å². The molecule has 1 aromatic carbocycles. The summed E-state index contributed by atoms with van der Waals surface area (Å²) in [4.78, 5) is 19.4. The largest absolute Gasteiger partial charge is 0.481 e. The third-order valence-corrected chi connectivity index (χ3v) is 2.59. The molecule has 1 aromatic rings. The fourth-order valence-electron chi connectivity index (χ4n) is 0.923. The van der Waals surface area contributed by atoms with Crippen molar-refractivity contribution in [3.05, 3.63) is 29.8 Å². The van der Waals surface area contributed by atoms with E-state index in [2.05, 4.69) is 0 Å². The lowest BCUT2D eigenvalue weighted by Gasteiger charge is -1.95. The molecule has 6 nitrogen and oxygen atoms in total. The van der Waals surface area contributed by atoms with Crippen molar-refractivity contribution in [2.45, 2.75) is 25.2 Å². The molecule has 0 unspecified atom stereocenters. The first-order chi connectivity index (χ1) is 8.12. The summed E-state index contributed by atoms with van der Waals surface area (Å²) in [5, 5.41) is 7.86. The zero-order valence-electron chi connectivity index (χ0n) is 9.95. The number of carboxylic acids is 1. The number of carbonyl (C=O) groups excluding carboxylic acids is 1. The molecule has 7 heteroatoms. The van der Waals surface area contributed by atoms with Gasteiger partial charge in [0.1, 0.15) is 12.2 Å². The second-order valence-corrected chi connectivity index (χ2v) is 4.98. The normalized spacial score (nSPS) is 10.2. The van der Waals surface area contributed by atoms with E-state index in [1.165, 1.54) is 19.1 Å². The second-order valence-electron chi connectivity index (χ2n) is 3.56. The summed E-state index contributed by atoms with van der Waals surface area (Å²) in [6.07, 6.45) is -0.361. The molecule has 0 aliphatic carbocycles. The highest BCUT2D eigenvalue weighted by molar-refractivity contribution is 7.85. The minimum Gasteiger partial charge on any atom is -0.481 e. The summed E-state index contributed by atoms with van der Waals surface area (Å²) >= 11 is 0. The van der Waals surface area contributed by atoms with Gasteiger partial charge in [0, 0.05) is 0 Å². The van der Waals surface area contributed by atoms with Gasteiger partial charge in [0.25, 0.3) is 10.1 Å². The van der Waals surface area contributed by atoms with E-state index in [1.54, 1.807) is 12.1 Å². The first-order valence-corrected chi connectivity index (χ1v) is 6.32. The van der Waals surface area contributed by atoms with Crippen LogP contribution in [0.3, 0.4) is 0 Å². The number of rotatable bonds is 3. The van der Waals surface area contributed by atoms with Crippen molar-refractivity contribution in [3.8, 4) is 0 Å². The maximum atomic E-state index is 10.5. The molecule has 0 bridgehead atoms. The molecule has 1 rings (SSSR count). The van der Waals surface area contributed by atoms with E-state index in [0.29, 0.717) is 0 Å². The van der Waals surface area contributed by atoms with Gasteiger partial charge in [-0.1, -0.05) is 17.7 Å². The number of Topliss-reactive ketones (excluding diaryl/α,β-unsaturated/α-hetero) is 1. The van der Waals surface area contributed by atoms with E-state index in [-0.39, 0.29) is 17.1 Å². The lowest BCUT2D eigenvalue weighted by atomic mass is 10.2. The molecule has 0 fully saturated rings. The molecule has 0 saturated carbocycles. The van der Waals surface area contributed by atoms with Gasteiger partial charge >= 0.3 is 5.97 Å². The van der Waals surface area contributed by atoms with Crippen LogP contribution in [0.15, 0.2) is 29.2 Å². The minimum atomic E-state index is -4.02. The number of aliphatic carboxylic acids is 1. The molecule has 0 aliphatic rings. The lowest BCUT2D eigenvalue weighted by Crippen LogP contribution is -2.00. The monoisotopic (exact) mass is 274 g/mol. The third kappa shape index (κ3) is 7.53. The third-order valence-electron chi connectivity index (χ3n) is 1.72. The van der Waals surface area contributed by atoms with Crippen LogP contribution in [0.5, 0.6) is 0 Å². The molecule has 0 spiro atoms. The van der Waals surface area contributed by atoms with Gasteiger partial charge in [-0.15, -0.1) is 0 Å². The quantitative estimate of drug-likeness (QED) is 0.635. The van der Waals surface area contributed by atoms with Crippen molar-refractivity contribution in [2.24, 2.45) is 0 Å². The van der Waals surface area contributed by atoms with Crippen LogP contribution in [0.25, 0.3) is 0 Å². The SMILES string of the molecule is CC(=O)CC(=O)O.Cc1ccc(S(=O)(=O)O)cc1. The lowest BCUT2D eigenvalue weighted by molar-refractivity contribution is -0.139. The van der Waals surface area contributed by atoms with Crippen LogP contribution in [0.2, 0.25) is 0 Å². The Morgan fingerprint density at radius 2 is 1.61 bits per heavy atom. The molecule has 0 saturated heterocycles. The summed E-state index contributed by atoms with van der Waals surface area (Å²) < 4.78 is 29.6. The maximum Gasteiger partial charge on any atom is 0.310 e. The average Bonchev–Trinajstić information content (AvgIpc) is 2.15. The van der Waals surface area contributed by atoms with Crippen molar-refractivity contribution >= 4 is 21.9 Å². The molecule has 18 heavy (non-hydrogen) atoms. The first kappa shape index (κ1) is 16.3. The number of ketones is 1. The zero-order chi connectivity index (χ0) is 14.3. The molecule has 0 amide bonds. The number of carbonyl (C=O) groups is 2. The average molecular weight is 274 g/mol. The fourth-order valence-corrected chi connectivity index (χ4v) is 1.40. The predicted octanol–water partition coefficient (Wildman–Crippen LogP) is 1.29. The number of aryl methyl sites for hydroxylation is 1. The van der Waals surface area contributed by atoms with Crippen molar-refractivity contribution in [2.75, 3.05) is 0 Å². The van der Waals surface area contributed by atoms with Crippen LogP contribution < -0.4 is 0 Å².